The molecule has 7 fully saturated rings. The van der Waals surface area contributed by atoms with E-state index in [2.05, 4.69) is 20.8 Å². The molecule has 3 heterocycles. The maximum Gasteiger partial charge on any atom is 0.186 e. The van der Waals surface area contributed by atoms with Crippen LogP contribution in [0.2, 0.25) is 0 Å². The van der Waals surface area contributed by atoms with Crippen LogP contribution in [-0.4, -0.2) is 164 Å². The van der Waals surface area contributed by atoms with Gasteiger partial charge < -0.3 is 74.7 Å². The summed E-state index contributed by atoms with van der Waals surface area (Å²) in [4.78, 5) is 0. The number of aliphatic hydroxyl groups excluding tert-OH is 10. The molecule has 7 aliphatic rings. The van der Waals surface area contributed by atoms with Crippen LogP contribution in [-0.2, 0) is 23.7 Å². The minimum atomic E-state index is -1.62. The smallest absolute Gasteiger partial charge is 0.186 e. The Kier molecular flexibility index (Phi) is 12.7. The summed E-state index contributed by atoms with van der Waals surface area (Å²) in [6.45, 7) is 10.6. The van der Waals surface area contributed by atoms with Crippen LogP contribution >= 0.6 is 0 Å². The van der Waals surface area contributed by atoms with E-state index >= 15 is 0 Å². The lowest BCUT2D eigenvalue weighted by Crippen LogP contribution is -2.69. The van der Waals surface area contributed by atoms with E-state index in [1.54, 1.807) is 0 Å². The highest BCUT2D eigenvalue weighted by atomic mass is 16.7. The van der Waals surface area contributed by atoms with Crippen LogP contribution in [0.15, 0.2) is 0 Å². The van der Waals surface area contributed by atoms with Gasteiger partial charge in [-0.05, 0) is 98.2 Å². The van der Waals surface area contributed by atoms with Gasteiger partial charge >= 0.3 is 0 Å². The second kappa shape index (κ2) is 16.3. The summed E-state index contributed by atoms with van der Waals surface area (Å²) in [6.07, 6.45) is -7.38. The summed E-state index contributed by atoms with van der Waals surface area (Å²) >= 11 is 0. The monoisotopic (exact) mass is 816 g/mol. The third-order valence-corrected chi connectivity index (χ3v) is 17.8. The molecule has 22 atom stereocenters. The van der Waals surface area contributed by atoms with Crippen molar-refractivity contribution in [3.05, 3.63) is 0 Å². The maximum absolute atomic E-state index is 12.4. The molecule has 0 aromatic heterocycles. The largest absolute Gasteiger partial charge is 0.396 e. The van der Waals surface area contributed by atoms with Crippen molar-refractivity contribution in [3.8, 4) is 0 Å². The van der Waals surface area contributed by atoms with Crippen molar-refractivity contribution in [2.75, 3.05) is 33.0 Å². The van der Waals surface area contributed by atoms with Gasteiger partial charge in [-0.25, -0.2) is 0 Å². The molecule has 4 saturated carbocycles. The molecule has 3 saturated heterocycles. The molecular formula is C42H72O15. The summed E-state index contributed by atoms with van der Waals surface area (Å²) in [5.74, 6) is 0.400. The van der Waals surface area contributed by atoms with Crippen LogP contribution in [0.4, 0.5) is 0 Å². The first-order valence-electron chi connectivity index (χ1n) is 21.6. The third kappa shape index (κ3) is 6.98. The van der Waals surface area contributed by atoms with Crippen molar-refractivity contribution in [1.82, 2.24) is 0 Å². The molecule has 7 rings (SSSR count). The van der Waals surface area contributed by atoms with Gasteiger partial charge in [0.05, 0.1) is 44.7 Å². The first-order chi connectivity index (χ1) is 26.9. The highest BCUT2D eigenvalue weighted by Gasteiger charge is 2.71. The summed E-state index contributed by atoms with van der Waals surface area (Å²) in [5.41, 5.74) is -1.62. The number of fused-ring (bicyclic) bond motifs is 5. The maximum atomic E-state index is 12.4. The quantitative estimate of drug-likeness (QED) is 0.140. The normalized spacial score (nSPS) is 56.1. The van der Waals surface area contributed by atoms with Gasteiger partial charge in [-0.15, -0.1) is 0 Å². The van der Waals surface area contributed by atoms with Gasteiger partial charge in [0.1, 0.15) is 48.8 Å². The Hall–Kier alpha value is -0.600. The fourth-order valence-electron chi connectivity index (χ4n) is 13.9. The zero-order valence-electron chi connectivity index (χ0n) is 34.4. The summed E-state index contributed by atoms with van der Waals surface area (Å²) in [7, 11) is 0. The van der Waals surface area contributed by atoms with E-state index in [1.807, 2.05) is 13.8 Å². The topological polar surface area (TPSA) is 248 Å². The van der Waals surface area contributed by atoms with Crippen molar-refractivity contribution in [2.45, 2.75) is 179 Å². The number of hydrogen-bond donors (Lipinski definition) is 10. The molecule has 15 heteroatoms. The summed E-state index contributed by atoms with van der Waals surface area (Å²) < 4.78 is 30.9. The Morgan fingerprint density at radius 2 is 1.26 bits per heavy atom. The molecule has 4 aliphatic carbocycles. The van der Waals surface area contributed by atoms with Crippen LogP contribution < -0.4 is 0 Å². The van der Waals surface area contributed by atoms with Gasteiger partial charge in [0, 0.05) is 23.4 Å². The SMILES string of the molecule is CC(CO)C1CCC2(CCC3(C)C(CCC4C5(C)CCC(OC6OC(CO)C(O)C(O)C6O)C(C)(COC6OC(CO)C(O)C(O)C6O)C5CCC43C)C2O)CO1. The second-order valence-electron chi connectivity index (χ2n) is 20.4. The minimum absolute atomic E-state index is 0.00317. The fourth-order valence-corrected chi connectivity index (χ4v) is 13.9. The fraction of sp³-hybridized carbons (Fsp3) is 1.00. The Bertz CT molecular complexity index is 1380. The predicted molar refractivity (Wildman–Crippen MR) is 202 cm³/mol. The van der Waals surface area contributed by atoms with Gasteiger partial charge in [-0.2, -0.15) is 0 Å². The van der Waals surface area contributed by atoms with Gasteiger partial charge in [0.25, 0.3) is 0 Å². The molecule has 57 heavy (non-hydrogen) atoms. The van der Waals surface area contributed by atoms with E-state index in [0.717, 1.165) is 57.8 Å². The second-order valence-corrected chi connectivity index (χ2v) is 20.4. The lowest BCUT2D eigenvalue weighted by Gasteiger charge is -2.73. The first-order valence-corrected chi connectivity index (χ1v) is 21.6. The van der Waals surface area contributed by atoms with E-state index in [4.69, 9.17) is 23.7 Å². The van der Waals surface area contributed by atoms with E-state index in [0.29, 0.717) is 13.0 Å². The molecule has 3 aliphatic heterocycles. The molecule has 0 bridgehead atoms. The van der Waals surface area contributed by atoms with Crippen LogP contribution in [0, 0.1) is 50.7 Å². The Labute approximate surface area is 336 Å². The minimum Gasteiger partial charge on any atom is -0.396 e. The molecule has 22 unspecified atom stereocenters. The van der Waals surface area contributed by atoms with Crippen LogP contribution in [0.1, 0.15) is 98.8 Å². The Morgan fingerprint density at radius 3 is 1.86 bits per heavy atom. The molecule has 15 nitrogen and oxygen atoms in total. The number of hydrogen-bond acceptors (Lipinski definition) is 15. The highest BCUT2D eigenvalue weighted by Crippen LogP contribution is 2.75. The summed E-state index contributed by atoms with van der Waals surface area (Å²) in [5, 5.41) is 106. The van der Waals surface area contributed by atoms with Crippen molar-refractivity contribution in [1.29, 1.82) is 0 Å². The van der Waals surface area contributed by atoms with E-state index in [9.17, 15) is 51.1 Å². The molecule has 1 spiro atoms. The van der Waals surface area contributed by atoms with Crippen molar-refractivity contribution >= 4 is 0 Å². The molecule has 0 amide bonds. The number of ether oxygens (including phenoxy) is 5. The van der Waals surface area contributed by atoms with Crippen molar-refractivity contribution in [2.24, 2.45) is 50.7 Å². The average molecular weight is 817 g/mol. The molecule has 0 aromatic carbocycles. The summed E-state index contributed by atoms with van der Waals surface area (Å²) in [6, 6.07) is 0. The Balaban J connectivity index is 1.16. The molecule has 330 valence electrons. The molecule has 0 radical (unpaired) electrons. The lowest BCUT2D eigenvalue weighted by atomic mass is 9.33. The zero-order valence-corrected chi connectivity index (χ0v) is 34.4. The zero-order chi connectivity index (χ0) is 41.5. The standard InChI is InChI=1S/C42H72O15/c1-21(16-43)23-8-13-42(20-53-23)15-14-40(4)22(35(42)52)6-7-27-38(2)11-10-28(57-37-34(51)32(49)30(47)25(18-45)56-37)39(3,26(38)9-12-41(27,40)5)19-54-36-33(50)31(48)29(46)24(17-44)55-36/h21-37,43-52H,6-20H2,1-5H3. The van der Waals surface area contributed by atoms with E-state index in [-0.39, 0.29) is 64.6 Å². The van der Waals surface area contributed by atoms with Gasteiger partial charge in [-0.1, -0.05) is 34.6 Å². The van der Waals surface area contributed by atoms with Gasteiger partial charge in [-0.3, -0.25) is 0 Å². The average Bonchev–Trinajstić information content (AvgIpc) is 3.20. The molecule has 0 aromatic rings. The van der Waals surface area contributed by atoms with E-state index < -0.39 is 92.2 Å². The Morgan fingerprint density at radius 1 is 0.632 bits per heavy atom. The highest BCUT2D eigenvalue weighted by molar-refractivity contribution is 5.19. The number of aliphatic hydroxyl groups is 10. The molecule has 10 N–H and O–H groups in total. The van der Waals surface area contributed by atoms with Gasteiger partial charge in [0.15, 0.2) is 12.6 Å². The third-order valence-electron chi connectivity index (χ3n) is 17.8. The van der Waals surface area contributed by atoms with Crippen molar-refractivity contribution in [3.63, 3.8) is 0 Å². The van der Waals surface area contributed by atoms with Crippen LogP contribution in [0.5, 0.6) is 0 Å². The lowest BCUT2D eigenvalue weighted by molar-refractivity contribution is -0.346. The van der Waals surface area contributed by atoms with E-state index in [1.165, 1.54) is 0 Å². The van der Waals surface area contributed by atoms with Gasteiger partial charge in [0.2, 0.25) is 0 Å². The predicted octanol–water partition coefficient (Wildman–Crippen LogP) is 0.192. The first kappa shape index (κ1) is 44.5. The van der Waals surface area contributed by atoms with Crippen LogP contribution in [0.3, 0.4) is 0 Å². The van der Waals surface area contributed by atoms with Crippen LogP contribution in [0.25, 0.3) is 0 Å². The number of rotatable bonds is 9. The molecular weight excluding hydrogens is 744 g/mol. The van der Waals surface area contributed by atoms with Crippen molar-refractivity contribution < 1.29 is 74.7 Å².